The first-order valence-electron chi connectivity index (χ1n) is 4.99. The molecule has 0 saturated carbocycles. The van der Waals surface area contributed by atoms with E-state index in [0.717, 1.165) is 6.20 Å². The smallest absolute Gasteiger partial charge is 0.347 e. The van der Waals surface area contributed by atoms with Crippen LogP contribution in [-0.2, 0) is 11.3 Å². The fourth-order valence-corrected chi connectivity index (χ4v) is 1.12. The van der Waals surface area contributed by atoms with Crippen LogP contribution in [0, 0.1) is 0 Å². The molecule has 0 aliphatic rings. The molecule has 0 spiro atoms. The lowest BCUT2D eigenvalue weighted by molar-refractivity contribution is -0.344. The fraction of sp³-hybridized carbons (Fsp3) is 0.400. The molecule has 1 aromatic heterocycles. The molecule has 1 heterocycles. The Morgan fingerprint density at radius 3 is 2.20 bits per heavy atom. The van der Waals surface area contributed by atoms with Crippen LogP contribution in [-0.4, -0.2) is 28.9 Å². The number of nitrogens with zero attached hydrogens (tertiary/aromatic N) is 1. The molecular weight excluding hydrogens is 297 g/mol. The Balaban J connectivity index is 2.80. The van der Waals surface area contributed by atoms with Crippen molar-refractivity contribution in [2.75, 3.05) is 0 Å². The number of carbonyl (C=O) groups is 1. The van der Waals surface area contributed by atoms with Gasteiger partial charge in [-0.05, 0) is 11.6 Å². The summed E-state index contributed by atoms with van der Waals surface area (Å²) >= 11 is 0. The SMILES string of the molecule is O=C(NCc1cccnc1)C(F)(F)C(F)(F)C(F)(F)F. The van der Waals surface area contributed by atoms with Crippen molar-refractivity contribution < 1.29 is 35.5 Å². The van der Waals surface area contributed by atoms with Crippen LogP contribution in [0.2, 0.25) is 0 Å². The summed E-state index contributed by atoms with van der Waals surface area (Å²) in [5.41, 5.74) is 0.159. The highest BCUT2D eigenvalue weighted by atomic mass is 19.4. The number of pyridine rings is 1. The topological polar surface area (TPSA) is 42.0 Å². The zero-order chi connectivity index (χ0) is 15.6. The van der Waals surface area contributed by atoms with Crippen molar-refractivity contribution in [3.05, 3.63) is 30.1 Å². The average molecular weight is 304 g/mol. The molecule has 20 heavy (non-hydrogen) atoms. The minimum Gasteiger partial charge on any atom is -0.347 e. The highest BCUT2D eigenvalue weighted by molar-refractivity contribution is 5.84. The molecule has 1 amide bonds. The van der Waals surface area contributed by atoms with Gasteiger partial charge in [0.1, 0.15) is 0 Å². The van der Waals surface area contributed by atoms with Gasteiger partial charge in [-0.25, -0.2) is 0 Å². The standard InChI is InChI=1S/C10H7F7N2O/c11-8(12,9(13,14)10(15,16)17)7(20)19-5-6-2-1-3-18-4-6/h1-4H,5H2,(H,19,20). The maximum absolute atomic E-state index is 12.9. The zero-order valence-corrected chi connectivity index (χ0v) is 9.52. The van der Waals surface area contributed by atoms with Crippen LogP contribution < -0.4 is 5.32 Å². The van der Waals surface area contributed by atoms with Crippen molar-refractivity contribution >= 4 is 5.91 Å². The molecule has 1 N–H and O–H groups in total. The fourth-order valence-electron chi connectivity index (χ4n) is 1.12. The summed E-state index contributed by atoms with van der Waals surface area (Å²) in [5, 5.41) is 1.31. The summed E-state index contributed by atoms with van der Waals surface area (Å²) in [7, 11) is 0. The van der Waals surface area contributed by atoms with Gasteiger partial charge in [-0.2, -0.15) is 30.7 Å². The molecular formula is C10H7F7N2O. The van der Waals surface area contributed by atoms with Crippen LogP contribution in [0.1, 0.15) is 5.56 Å². The molecule has 0 saturated heterocycles. The quantitative estimate of drug-likeness (QED) is 0.869. The van der Waals surface area contributed by atoms with E-state index in [4.69, 9.17) is 0 Å². The van der Waals surface area contributed by atoms with Gasteiger partial charge in [0.15, 0.2) is 0 Å². The van der Waals surface area contributed by atoms with Crippen molar-refractivity contribution in [1.82, 2.24) is 10.3 Å². The zero-order valence-electron chi connectivity index (χ0n) is 9.52. The lowest BCUT2D eigenvalue weighted by Crippen LogP contribution is -2.59. The van der Waals surface area contributed by atoms with Crippen LogP contribution in [0.5, 0.6) is 0 Å². The van der Waals surface area contributed by atoms with Crippen LogP contribution in [0.15, 0.2) is 24.5 Å². The molecule has 10 heteroatoms. The first-order valence-corrected chi connectivity index (χ1v) is 4.99. The maximum atomic E-state index is 12.9. The van der Waals surface area contributed by atoms with Gasteiger partial charge < -0.3 is 5.32 Å². The van der Waals surface area contributed by atoms with Crippen molar-refractivity contribution in [2.45, 2.75) is 24.6 Å². The molecule has 0 fully saturated rings. The molecule has 0 aliphatic heterocycles. The Bertz CT molecular complexity index is 472. The second-order valence-electron chi connectivity index (χ2n) is 3.69. The largest absolute Gasteiger partial charge is 0.460 e. The number of rotatable bonds is 4. The van der Waals surface area contributed by atoms with Gasteiger partial charge >= 0.3 is 18.0 Å². The molecule has 0 atom stereocenters. The lowest BCUT2D eigenvalue weighted by atomic mass is 10.1. The van der Waals surface area contributed by atoms with E-state index in [1.165, 1.54) is 23.6 Å². The number of hydrogen-bond donors (Lipinski definition) is 1. The normalized spacial score (nSPS) is 13.2. The van der Waals surface area contributed by atoms with E-state index < -0.39 is 30.5 Å². The van der Waals surface area contributed by atoms with Crippen LogP contribution in [0.4, 0.5) is 30.7 Å². The van der Waals surface area contributed by atoms with E-state index in [1.807, 2.05) is 0 Å². The van der Waals surface area contributed by atoms with Gasteiger partial charge in [-0.15, -0.1) is 0 Å². The third-order valence-corrected chi connectivity index (χ3v) is 2.21. The van der Waals surface area contributed by atoms with Gasteiger partial charge in [0.2, 0.25) is 0 Å². The van der Waals surface area contributed by atoms with Gasteiger partial charge in [0.05, 0.1) is 0 Å². The first kappa shape index (κ1) is 16.2. The molecule has 0 aromatic carbocycles. The predicted octanol–water partition coefficient (Wildman–Crippen LogP) is 2.53. The van der Waals surface area contributed by atoms with E-state index in [9.17, 15) is 35.5 Å². The highest BCUT2D eigenvalue weighted by Gasteiger charge is 2.76. The molecule has 3 nitrogen and oxygen atoms in total. The highest BCUT2D eigenvalue weighted by Crippen LogP contribution is 2.46. The summed E-state index contributed by atoms with van der Waals surface area (Å²) in [6, 6.07) is 2.68. The molecule has 1 aromatic rings. The third kappa shape index (κ3) is 2.99. The van der Waals surface area contributed by atoms with E-state index in [2.05, 4.69) is 4.98 Å². The second kappa shape index (κ2) is 5.25. The average Bonchev–Trinajstić information content (AvgIpc) is 2.35. The van der Waals surface area contributed by atoms with Gasteiger partial charge in [0, 0.05) is 18.9 Å². The van der Waals surface area contributed by atoms with Gasteiger partial charge in [0.25, 0.3) is 5.91 Å². The van der Waals surface area contributed by atoms with E-state index >= 15 is 0 Å². The van der Waals surface area contributed by atoms with Crippen LogP contribution >= 0.6 is 0 Å². The monoisotopic (exact) mass is 304 g/mol. The van der Waals surface area contributed by atoms with E-state index in [1.54, 1.807) is 0 Å². The molecule has 0 unspecified atom stereocenters. The van der Waals surface area contributed by atoms with Crippen LogP contribution in [0.3, 0.4) is 0 Å². The molecule has 112 valence electrons. The minimum atomic E-state index is -6.54. The van der Waals surface area contributed by atoms with Crippen LogP contribution in [0.25, 0.3) is 0 Å². The summed E-state index contributed by atoms with van der Waals surface area (Å²) < 4.78 is 86.4. The molecule has 0 radical (unpaired) electrons. The second-order valence-corrected chi connectivity index (χ2v) is 3.69. The third-order valence-electron chi connectivity index (χ3n) is 2.21. The number of halogens is 7. The number of nitrogens with one attached hydrogen (secondary N) is 1. The Kier molecular flexibility index (Phi) is 4.25. The predicted molar refractivity (Wildman–Crippen MR) is 52.0 cm³/mol. The van der Waals surface area contributed by atoms with Crippen molar-refractivity contribution in [3.63, 3.8) is 0 Å². The number of carbonyl (C=O) groups excluding carboxylic acids is 1. The number of alkyl halides is 7. The van der Waals surface area contributed by atoms with Gasteiger partial charge in [-0.3, -0.25) is 9.78 Å². The van der Waals surface area contributed by atoms with E-state index in [0.29, 0.717) is 0 Å². The van der Waals surface area contributed by atoms with Crippen molar-refractivity contribution in [2.24, 2.45) is 0 Å². The summed E-state index contributed by atoms with van der Waals surface area (Å²) in [4.78, 5) is 14.4. The number of hydrogen-bond acceptors (Lipinski definition) is 2. The maximum Gasteiger partial charge on any atom is 0.460 e. The summed E-state index contributed by atoms with van der Waals surface area (Å²) in [6.45, 7) is -0.657. The van der Waals surface area contributed by atoms with Crippen molar-refractivity contribution in [1.29, 1.82) is 0 Å². The lowest BCUT2D eigenvalue weighted by Gasteiger charge is -2.27. The molecule has 0 bridgehead atoms. The Hall–Kier alpha value is -1.87. The minimum absolute atomic E-state index is 0.159. The van der Waals surface area contributed by atoms with E-state index in [-0.39, 0.29) is 5.56 Å². The molecule has 0 aliphatic carbocycles. The van der Waals surface area contributed by atoms with Gasteiger partial charge in [-0.1, -0.05) is 6.07 Å². The Morgan fingerprint density at radius 2 is 1.75 bits per heavy atom. The first-order chi connectivity index (χ1) is 9.00. The summed E-state index contributed by atoms with van der Waals surface area (Å²) in [5.74, 6) is -15.1. The number of amides is 1. The summed E-state index contributed by atoms with van der Waals surface area (Å²) in [6.07, 6.45) is -4.10. The molecule has 1 rings (SSSR count). The van der Waals surface area contributed by atoms with Crippen molar-refractivity contribution in [3.8, 4) is 0 Å². The number of aromatic nitrogens is 1. The Labute approximate surface area is 107 Å². The Morgan fingerprint density at radius 1 is 1.15 bits per heavy atom.